The Morgan fingerprint density at radius 1 is 0.667 bits per heavy atom. The second-order valence-electron chi connectivity index (χ2n) is 4.87. The van der Waals surface area contributed by atoms with Gasteiger partial charge in [-0.15, -0.1) is 0 Å². The Hall–Kier alpha value is -2.62. The Labute approximate surface area is 125 Å². The van der Waals surface area contributed by atoms with E-state index >= 15 is 0 Å². The highest BCUT2D eigenvalue weighted by molar-refractivity contribution is 5.32. The molecule has 2 aromatic rings. The van der Waals surface area contributed by atoms with Crippen LogP contribution in [0.25, 0.3) is 0 Å². The molecule has 0 aromatic heterocycles. The van der Waals surface area contributed by atoms with E-state index in [1.165, 1.54) is 11.1 Å². The van der Waals surface area contributed by atoms with Gasteiger partial charge in [0, 0.05) is 0 Å². The Morgan fingerprint density at radius 3 is 1.38 bits per heavy atom. The van der Waals surface area contributed by atoms with E-state index in [4.69, 9.17) is 10.5 Å². The first-order valence-corrected chi connectivity index (χ1v) is 7.00. The van der Waals surface area contributed by atoms with Crippen LogP contribution >= 0.6 is 0 Å². The topological polar surface area (TPSA) is 59.6 Å². The van der Waals surface area contributed by atoms with E-state index in [0.717, 1.165) is 25.9 Å². The van der Waals surface area contributed by atoms with Gasteiger partial charge < -0.3 is 5.32 Å². The van der Waals surface area contributed by atoms with Gasteiger partial charge in [-0.1, -0.05) is 24.3 Å². The van der Waals surface area contributed by atoms with Crippen molar-refractivity contribution in [1.82, 2.24) is 5.32 Å². The first kappa shape index (κ1) is 14.8. The fourth-order valence-corrected chi connectivity index (χ4v) is 2.08. The minimum Gasteiger partial charge on any atom is -0.316 e. The van der Waals surface area contributed by atoms with Gasteiger partial charge in [0.2, 0.25) is 0 Å². The summed E-state index contributed by atoms with van der Waals surface area (Å²) in [6, 6.07) is 19.7. The van der Waals surface area contributed by atoms with Crippen LogP contribution in [0.2, 0.25) is 0 Å². The van der Waals surface area contributed by atoms with Gasteiger partial charge in [0.25, 0.3) is 0 Å². The fraction of sp³-hybridized carbons (Fsp3) is 0.222. The smallest absolute Gasteiger partial charge is 0.0991 e. The minimum atomic E-state index is 0.701. The number of hydrogen-bond donors (Lipinski definition) is 1. The molecule has 21 heavy (non-hydrogen) atoms. The number of nitrogens with one attached hydrogen (secondary N) is 1. The van der Waals surface area contributed by atoms with E-state index < -0.39 is 0 Å². The lowest BCUT2D eigenvalue weighted by Crippen LogP contribution is -2.20. The van der Waals surface area contributed by atoms with Crippen molar-refractivity contribution < 1.29 is 0 Å². The van der Waals surface area contributed by atoms with Gasteiger partial charge >= 0.3 is 0 Å². The van der Waals surface area contributed by atoms with Gasteiger partial charge in [-0.25, -0.2) is 0 Å². The Balaban J connectivity index is 1.67. The van der Waals surface area contributed by atoms with Crippen LogP contribution in [0.15, 0.2) is 48.5 Å². The molecule has 0 atom stereocenters. The third kappa shape index (κ3) is 4.76. The highest BCUT2D eigenvalue weighted by atomic mass is 14.8. The number of benzene rings is 2. The Morgan fingerprint density at radius 2 is 1.05 bits per heavy atom. The summed E-state index contributed by atoms with van der Waals surface area (Å²) >= 11 is 0. The third-order valence-electron chi connectivity index (χ3n) is 3.35. The molecule has 0 unspecified atom stereocenters. The average Bonchev–Trinajstić information content (AvgIpc) is 2.55. The van der Waals surface area contributed by atoms with Crippen LogP contribution in [0, 0.1) is 22.7 Å². The molecule has 0 aliphatic rings. The molecule has 0 amide bonds. The molecule has 0 heterocycles. The molecule has 0 fully saturated rings. The number of rotatable bonds is 6. The summed E-state index contributed by atoms with van der Waals surface area (Å²) in [5.41, 5.74) is 3.87. The van der Waals surface area contributed by atoms with Crippen LogP contribution in [0.1, 0.15) is 22.3 Å². The van der Waals surface area contributed by atoms with Crippen molar-refractivity contribution in [3.63, 3.8) is 0 Å². The predicted molar refractivity (Wildman–Crippen MR) is 82.6 cm³/mol. The molecule has 0 radical (unpaired) electrons. The largest absolute Gasteiger partial charge is 0.316 e. The van der Waals surface area contributed by atoms with Crippen molar-refractivity contribution in [1.29, 1.82) is 10.5 Å². The van der Waals surface area contributed by atoms with Gasteiger partial charge in [-0.3, -0.25) is 0 Å². The lowest BCUT2D eigenvalue weighted by atomic mass is 10.1. The van der Waals surface area contributed by atoms with E-state index in [0.29, 0.717) is 11.1 Å². The maximum Gasteiger partial charge on any atom is 0.0991 e. The molecule has 0 spiro atoms. The first-order valence-electron chi connectivity index (χ1n) is 7.00. The molecule has 1 N–H and O–H groups in total. The molecule has 0 saturated carbocycles. The van der Waals surface area contributed by atoms with E-state index in [1.807, 2.05) is 48.5 Å². The normalized spacial score (nSPS) is 9.81. The molecule has 0 saturated heterocycles. The van der Waals surface area contributed by atoms with Crippen molar-refractivity contribution in [3.8, 4) is 12.1 Å². The molecular formula is C18H17N3. The van der Waals surface area contributed by atoms with E-state index in [2.05, 4.69) is 17.5 Å². The zero-order valence-electron chi connectivity index (χ0n) is 11.8. The van der Waals surface area contributed by atoms with Crippen LogP contribution in [0.5, 0.6) is 0 Å². The Kier molecular flexibility index (Phi) is 5.52. The van der Waals surface area contributed by atoms with Gasteiger partial charge in [-0.2, -0.15) is 10.5 Å². The SMILES string of the molecule is N#Cc1ccc(CCNCCc2ccc(C#N)cc2)cc1. The van der Waals surface area contributed by atoms with Gasteiger partial charge in [0.05, 0.1) is 23.3 Å². The summed E-state index contributed by atoms with van der Waals surface area (Å²) < 4.78 is 0. The molecule has 3 heteroatoms. The van der Waals surface area contributed by atoms with Gasteiger partial charge in [0.1, 0.15) is 0 Å². The number of hydrogen-bond acceptors (Lipinski definition) is 3. The summed E-state index contributed by atoms with van der Waals surface area (Å²) in [4.78, 5) is 0. The average molecular weight is 275 g/mol. The van der Waals surface area contributed by atoms with Crippen LogP contribution in [-0.4, -0.2) is 13.1 Å². The van der Waals surface area contributed by atoms with Crippen molar-refractivity contribution in [2.75, 3.05) is 13.1 Å². The monoisotopic (exact) mass is 275 g/mol. The molecule has 0 aliphatic carbocycles. The minimum absolute atomic E-state index is 0.701. The maximum absolute atomic E-state index is 8.74. The quantitative estimate of drug-likeness (QED) is 0.825. The fourth-order valence-electron chi connectivity index (χ4n) is 2.08. The summed E-state index contributed by atoms with van der Waals surface area (Å²) in [6.45, 7) is 1.84. The highest BCUT2D eigenvalue weighted by Gasteiger charge is 1.96. The summed E-state index contributed by atoms with van der Waals surface area (Å²) in [7, 11) is 0. The van der Waals surface area contributed by atoms with E-state index in [9.17, 15) is 0 Å². The predicted octanol–water partition coefficient (Wildman–Crippen LogP) is 2.80. The lowest BCUT2D eigenvalue weighted by molar-refractivity contribution is 0.681. The lowest BCUT2D eigenvalue weighted by Gasteiger charge is -2.05. The summed E-state index contributed by atoms with van der Waals surface area (Å²) in [5.74, 6) is 0. The zero-order valence-corrected chi connectivity index (χ0v) is 11.8. The molecule has 104 valence electrons. The second-order valence-corrected chi connectivity index (χ2v) is 4.87. The second kappa shape index (κ2) is 7.85. The Bertz CT molecular complexity index is 583. The molecular weight excluding hydrogens is 258 g/mol. The third-order valence-corrected chi connectivity index (χ3v) is 3.35. The maximum atomic E-state index is 8.74. The molecule has 2 aromatic carbocycles. The van der Waals surface area contributed by atoms with Crippen molar-refractivity contribution in [3.05, 3.63) is 70.8 Å². The highest BCUT2D eigenvalue weighted by Crippen LogP contribution is 2.05. The van der Waals surface area contributed by atoms with Crippen LogP contribution in [0.4, 0.5) is 0 Å². The van der Waals surface area contributed by atoms with E-state index in [-0.39, 0.29) is 0 Å². The summed E-state index contributed by atoms with van der Waals surface area (Å²) in [6.07, 6.45) is 1.91. The number of nitrogens with zero attached hydrogens (tertiary/aromatic N) is 2. The summed E-state index contributed by atoms with van der Waals surface area (Å²) in [5, 5.41) is 20.9. The van der Waals surface area contributed by atoms with Crippen molar-refractivity contribution >= 4 is 0 Å². The standard InChI is InChI=1S/C18H17N3/c19-13-17-5-1-15(2-6-17)9-11-21-12-10-16-3-7-18(14-20)8-4-16/h1-8,21H,9-12H2. The molecule has 3 nitrogen and oxygen atoms in total. The van der Waals surface area contributed by atoms with Crippen molar-refractivity contribution in [2.24, 2.45) is 0 Å². The van der Waals surface area contributed by atoms with Crippen LogP contribution in [0.3, 0.4) is 0 Å². The first-order chi connectivity index (χ1) is 10.3. The van der Waals surface area contributed by atoms with Gasteiger partial charge in [0.15, 0.2) is 0 Å². The number of nitriles is 2. The van der Waals surface area contributed by atoms with Crippen LogP contribution in [-0.2, 0) is 12.8 Å². The molecule has 0 bridgehead atoms. The van der Waals surface area contributed by atoms with Crippen LogP contribution < -0.4 is 5.32 Å². The zero-order chi connectivity index (χ0) is 14.9. The van der Waals surface area contributed by atoms with Crippen molar-refractivity contribution in [2.45, 2.75) is 12.8 Å². The van der Waals surface area contributed by atoms with E-state index in [1.54, 1.807) is 0 Å². The molecule has 2 rings (SSSR count). The molecule has 0 aliphatic heterocycles. The van der Waals surface area contributed by atoms with Gasteiger partial charge in [-0.05, 0) is 61.3 Å².